The van der Waals surface area contributed by atoms with Crippen molar-refractivity contribution in [3.05, 3.63) is 45.7 Å². The maximum Gasteiger partial charge on any atom is 0.167 e. The summed E-state index contributed by atoms with van der Waals surface area (Å²) < 4.78 is 34.4. The van der Waals surface area contributed by atoms with Crippen molar-refractivity contribution in [1.82, 2.24) is 9.78 Å². The number of aromatic nitrogens is 2. The van der Waals surface area contributed by atoms with Crippen molar-refractivity contribution in [1.29, 1.82) is 0 Å². The number of hydrogen-bond donors (Lipinski definition) is 0. The van der Waals surface area contributed by atoms with E-state index in [1.54, 1.807) is 0 Å². The number of ether oxygens (including phenoxy) is 1. The van der Waals surface area contributed by atoms with Gasteiger partial charge in [-0.1, -0.05) is 6.92 Å². The van der Waals surface area contributed by atoms with Crippen LogP contribution in [0.2, 0.25) is 0 Å². The van der Waals surface area contributed by atoms with E-state index < -0.39 is 11.6 Å². The number of rotatable bonds is 5. The van der Waals surface area contributed by atoms with Crippen LogP contribution in [0.15, 0.2) is 22.7 Å². The molecule has 0 saturated carbocycles. The predicted molar refractivity (Wildman–Crippen MR) is 75.7 cm³/mol. The Kier molecular flexibility index (Phi) is 4.75. The molecular weight excluding hydrogens is 330 g/mol. The maximum atomic E-state index is 13.5. The Morgan fingerprint density at radius 3 is 2.65 bits per heavy atom. The summed E-state index contributed by atoms with van der Waals surface area (Å²) in [5.41, 5.74) is 1.78. The van der Waals surface area contributed by atoms with Gasteiger partial charge in [0, 0.05) is 12.6 Å². The van der Waals surface area contributed by atoms with E-state index in [0.29, 0.717) is 6.54 Å². The second-order valence-corrected chi connectivity index (χ2v) is 5.03. The first kappa shape index (κ1) is 15.0. The molecule has 0 fully saturated rings. The molecule has 1 aromatic carbocycles. The largest absolute Gasteiger partial charge is 0.484 e. The van der Waals surface area contributed by atoms with E-state index in [-0.39, 0.29) is 12.4 Å². The molecule has 0 saturated heterocycles. The lowest BCUT2D eigenvalue weighted by molar-refractivity contribution is 0.276. The van der Waals surface area contributed by atoms with Gasteiger partial charge >= 0.3 is 0 Å². The molecule has 1 aromatic heterocycles. The van der Waals surface area contributed by atoms with Crippen molar-refractivity contribution in [3.63, 3.8) is 0 Å². The van der Waals surface area contributed by atoms with Crippen LogP contribution >= 0.6 is 15.9 Å². The van der Waals surface area contributed by atoms with E-state index in [9.17, 15) is 8.78 Å². The SMILES string of the molecule is CCc1nn(CC)c(COc2ccc(F)cc2F)c1Br. The van der Waals surface area contributed by atoms with E-state index in [2.05, 4.69) is 21.0 Å². The molecule has 0 radical (unpaired) electrons. The minimum absolute atomic E-state index is 0.0280. The molecule has 0 unspecified atom stereocenters. The second-order valence-electron chi connectivity index (χ2n) is 4.24. The van der Waals surface area contributed by atoms with Crippen molar-refractivity contribution in [2.45, 2.75) is 33.4 Å². The van der Waals surface area contributed by atoms with Crippen LogP contribution in [0.25, 0.3) is 0 Å². The van der Waals surface area contributed by atoms with Crippen molar-refractivity contribution in [3.8, 4) is 5.75 Å². The van der Waals surface area contributed by atoms with Gasteiger partial charge in [-0.05, 0) is 41.4 Å². The number of halogens is 3. The minimum atomic E-state index is -0.709. The third-order valence-electron chi connectivity index (χ3n) is 2.95. The van der Waals surface area contributed by atoms with E-state index in [1.165, 1.54) is 12.1 Å². The van der Waals surface area contributed by atoms with Gasteiger partial charge in [0.25, 0.3) is 0 Å². The molecule has 0 aliphatic rings. The zero-order valence-corrected chi connectivity index (χ0v) is 12.9. The maximum absolute atomic E-state index is 13.5. The van der Waals surface area contributed by atoms with Crippen molar-refractivity contribution < 1.29 is 13.5 Å². The fourth-order valence-corrected chi connectivity index (χ4v) is 2.57. The number of nitrogens with zero attached hydrogens (tertiary/aromatic N) is 2. The molecule has 2 aromatic rings. The van der Waals surface area contributed by atoms with E-state index in [4.69, 9.17) is 4.74 Å². The van der Waals surface area contributed by atoms with Gasteiger partial charge in [-0.15, -0.1) is 0 Å². The summed E-state index contributed by atoms with van der Waals surface area (Å²) >= 11 is 3.49. The summed E-state index contributed by atoms with van der Waals surface area (Å²) in [5.74, 6) is -1.30. The van der Waals surface area contributed by atoms with Crippen LogP contribution in [0.4, 0.5) is 8.78 Å². The summed E-state index contributed by atoms with van der Waals surface area (Å²) in [6, 6.07) is 3.26. The highest BCUT2D eigenvalue weighted by Gasteiger charge is 2.15. The average Bonchev–Trinajstić information content (AvgIpc) is 2.74. The molecular formula is C14H15BrF2N2O. The highest BCUT2D eigenvalue weighted by atomic mass is 79.9. The zero-order chi connectivity index (χ0) is 14.7. The Labute approximate surface area is 124 Å². The summed E-state index contributed by atoms with van der Waals surface area (Å²) in [5, 5.41) is 4.43. The number of benzene rings is 1. The molecule has 0 spiro atoms. The minimum Gasteiger partial charge on any atom is -0.484 e. The van der Waals surface area contributed by atoms with Gasteiger partial charge in [-0.25, -0.2) is 8.78 Å². The van der Waals surface area contributed by atoms with Gasteiger partial charge in [-0.3, -0.25) is 4.68 Å². The summed E-state index contributed by atoms with van der Waals surface area (Å²) in [7, 11) is 0. The van der Waals surface area contributed by atoms with Gasteiger partial charge in [0.2, 0.25) is 0 Å². The quantitative estimate of drug-likeness (QED) is 0.816. The highest BCUT2D eigenvalue weighted by Crippen LogP contribution is 2.25. The van der Waals surface area contributed by atoms with Gasteiger partial charge in [0.1, 0.15) is 12.4 Å². The standard InChI is InChI=1S/C14H15BrF2N2O/c1-3-11-14(15)12(19(4-2)18-11)8-20-13-6-5-9(16)7-10(13)17/h5-7H,3-4,8H2,1-2H3. The lowest BCUT2D eigenvalue weighted by Gasteiger charge is -2.09. The molecule has 108 valence electrons. The molecule has 0 N–H and O–H groups in total. The van der Waals surface area contributed by atoms with Gasteiger partial charge in [0.15, 0.2) is 11.6 Å². The van der Waals surface area contributed by atoms with Crippen LogP contribution < -0.4 is 4.74 Å². The Morgan fingerprint density at radius 2 is 2.05 bits per heavy atom. The van der Waals surface area contributed by atoms with Gasteiger partial charge in [0.05, 0.1) is 15.9 Å². The molecule has 3 nitrogen and oxygen atoms in total. The molecule has 6 heteroatoms. The van der Waals surface area contributed by atoms with Crippen molar-refractivity contribution in [2.24, 2.45) is 0 Å². The van der Waals surface area contributed by atoms with Gasteiger partial charge in [-0.2, -0.15) is 5.10 Å². The number of hydrogen-bond acceptors (Lipinski definition) is 2. The smallest absolute Gasteiger partial charge is 0.167 e. The van der Waals surface area contributed by atoms with Crippen molar-refractivity contribution >= 4 is 15.9 Å². The highest BCUT2D eigenvalue weighted by molar-refractivity contribution is 9.10. The Hall–Kier alpha value is -1.43. The molecule has 0 bridgehead atoms. The Morgan fingerprint density at radius 1 is 1.30 bits per heavy atom. The molecule has 2 rings (SSSR count). The second kappa shape index (κ2) is 6.35. The molecule has 0 amide bonds. The molecule has 1 heterocycles. The third kappa shape index (κ3) is 3.00. The molecule has 20 heavy (non-hydrogen) atoms. The summed E-state index contributed by atoms with van der Waals surface area (Å²) in [6.45, 7) is 4.85. The average molecular weight is 345 g/mol. The summed E-state index contributed by atoms with van der Waals surface area (Å²) in [6.07, 6.45) is 0.797. The monoisotopic (exact) mass is 344 g/mol. The van der Waals surface area contributed by atoms with Crippen LogP contribution in [0.1, 0.15) is 25.2 Å². The van der Waals surface area contributed by atoms with E-state index >= 15 is 0 Å². The van der Waals surface area contributed by atoms with Crippen LogP contribution in [0.3, 0.4) is 0 Å². The third-order valence-corrected chi connectivity index (χ3v) is 3.87. The van der Waals surface area contributed by atoms with Crippen LogP contribution in [0.5, 0.6) is 5.75 Å². The first-order valence-corrected chi connectivity index (χ1v) is 7.18. The predicted octanol–water partition coefficient (Wildman–Crippen LogP) is 4.09. The lowest BCUT2D eigenvalue weighted by Crippen LogP contribution is -2.07. The Balaban J connectivity index is 2.20. The lowest BCUT2D eigenvalue weighted by atomic mass is 10.3. The first-order chi connectivity index (χ1) is 9.56. The molecule has 0 atom stereocenters. The number of aryl methyl sites for hydroxylation is 2. The zero-order valence-electron chi connectivity index (χ0n) is 11.3. The fourth-order valence-electron chi connectivity index (χ4n) is 1.89. The van der Waals surface area contributed by atoms with Gasteiger partial charge < -0.3 is 4.74 Å². The van der Waals surface area contributed by atoms with E-state index in [0.717, 1.165) is 28.3 Å². The fraction of sp³-hybridized carbons (Fsp3) is 0.357. The summed E-state index contributed by atoms with van der Waals surface area (Å²) in [4.78, 5) is 0. The topological polar surface area (TPSA) is 27.1 Å². The first-order valence-electron chi connectivity index (χ1n) is 6.38. The van der Waals surface area contributed by atoms with E-state index in [1.807, 2.05) is 18.5 Å². The molecule has 0 aliphatic heterocycles. The normalized spacial score (nSPS) is 10.8. The van der Waals surface area contributed by atoms with Crippen molar-refractivity contribution in [2.75, 3.05) is 0 Å². The molecule has 0 aliphatic carbocycles. The Bertz CT molecular complexity index is 613. The van der Waals surface area contributed by atoms with Crippen LogP contribution in [-0.2, 0) is 19.6 Å². The van der Waals surface area contributed by atoms with Crippen LogP contribution in [-0.4, -0.2) is 9.78 Å². The van der Waals surface area contributed by atoms with Crippen LogP contribution in [0, 0.1) is 11.6 Å².